The molecule has 0 saturated carbocycles. The van der Waals surface area contributed by atoms with Gasteiger partial charge in [0, 0.05) is 16.5 Å². The molecule has 2 rings (SSSR count). The van der Waals surface area contributed by atoms with Crippen LogP contribution in [0.4, 0.5) is 11.4 Å². The van der Waals surface area contributed by atoms with Gasteiger partial charge >= 0.3 is 0 Å². The Kier molecular flexibility index (Phi) is 23.8. The third-order valence-electron chi connectivity index (χ3n) is 8.73. The minimum atomic E-state index is 0. The number of unbranched alkanes of at least 4 members (excludes halogenated alkanes) is 10. The van der Waals surface area contributed by atoms with Crippen molar-refractivity contribution in [1.29, 1.82) is 0 Å². The Morgan fingerprint density at radius 2 is 0.911 bits per heavy atom. The summed E-state index contributed by atoms with van der Waals surface area (Å²) >= 11 is 0. The van der Waals surface area contributed by atoms with Crippen LogP contribution in [0, 0.1) is 0 Å². The van der Waals surface area contributed by atoms with Crippen molar-refractivity contribution >= 4 is 22.8 Å². The van der Waals surface area contributed by atoms with Crippen molar-refractivity contribution in [3.05, 3.63) is 70.8 Å². The van der Waals surface area contributed by atoms with Gasteiger partial charge in [0.1, 0.15) is 0 Å². The first kappa shape index (κ1) is 41.0. The predicted octanol–water partition coefficient (Wildman–Crippen LogP) is 13.6. The van der Waals surface area contributed by atoms with Crippen molar-refractivity contribution in [2.24, 2.45) is 9.98 Å². The molecule has 0 aliphatic rings. The van der Waals surface area contributed by atoms with Crippen LogP contribution in [0.5, 0.6) is 0 Å². The molecule has 0 unspecified atom stereocenters. The summed E-state index contributed by atoms with van der Waals surface area (Å²) in [6.45, 7) is 13.5. The van der Waals surface area contributed by atoms with Crippen LogP contribution in [0.3, 0.4) is 0 Å². The van der Waals surface area contributed by atoms with Crippen molar-refractivity contribution in [1.82, 2.24) is 0 Å². The Bertz CT molecular complexity index is 1140. The van der Waals surface area contributed by atoms with E-state index in [1.807, 2.05) is 0 Å². The van der Waals surface area contributed by atoms with E-state index in [1.165, 1.54) is 125 Å². The molecule has 0 amide bonds. The molecule has 0 atom stereocenters. The van der Waals surface area contributed by atoms with E-state index in [0.717, 1.165) is 48.5 Å². The second kappa shape index (κ2) is 26.1. The third kappa shape index (κ3) is 16.4. The van der Waals surface area contributed by atoms with Crippen molar-refractivity contribution < 1.29 is 16.5 Å². The van der Waals surface area contributed by atoms with Crippen molar-refractivity contribution in [2.45, 2.75) is 170 Å². The number of aryl methyl sites for hydroxylation is 4. The van der Waals surface area contributed by atoms with Crippen LogP contribution in [-0.4, -0.2) is 11.4 Å². The zero-order valence-electron chi connectivity index (χ0n) is 30.0. The van der Waals surface area contributed by atoms with Gasteiger partial charge in [0.15, 0.2) is 0 Å². The molecular weight excluding hydrogens is 591 g/mol. The summed E-state index contributed by atoms with van der Waals surface area (Å²) in [6, 6.07) is 14.0. The number of rotatable bonds is 24. The Hall–Kier alpha value is -1.99. The number of aliphatic imine (C=N–C) groups is 2. The van der Waals surface area contributed by atoms with Gasteiger partial charge < -0.3 is 0 Å². The van der Waals surface area contributed by atoms with Gasteiger partial charge in [-0.1, -0.05) is 117 Å². The number of benzene rings is 2. The molecule has 0 heterocycles. The van der Waals surface area contributed by atoms with E-state index in [4.69, 9.17) is 9.98 Å². The largest absolute Gasteiger partial charge is 0.251 e. The van der Waals surface area contributed by atoms with Crippen LogP contribution in [0.15, 0.2) is 58.5 Å². The van der Waals surface area contributed by atoms with Gasteiger partial charge in [-0.15, -0.1) is 0 Å². The number of nitrogens with zero attached hydrogens (tertiary/aromatic N) is 2. The maximum Gasteiger partial charge on any atom is 0.0848 e. The standard InChI is InChI=1S/C42H66N2.Ni/c1-7-13-18-24-35-29-31-39(33-37(35)26-20-15-9-3)43-41(23-12-6)42(28-22-17-11-5)44-40-32-30-36(25-19-14-8-2)38(34-40)27-21-16-10-4;/h12,23,29-34H,7-11,13-22,24-28H2,1-6H3;/b23-12-,43-41+,44-42+;. The maximum atomic E-state index is 5.36. The van der Waals surface area contributed by atoms with E-state index in [0.29, 0.717) is 0 Å². The average molecular weight is 658 g/mol. The first-order valence-electron chi connectivity index (χ1n) is 18.6. The number of hydrogen-bond donors (Lipinski definition) is 0. The quantitative estimate of drug-likeness (QED) is 0.0610. The minimum Gasteiger partial charge on any atom is -0.251 e. The van der Waals surface area contributed by atoms with Crippen molar-refractivity contribution in [3.8, 4) is 0 Å². The molecule has 0 saturated heterocycles. The van der Waals surface area contributed by atoms with Gasteiger partial charge in [-0.25, -0.2) is 4.99 Å². The third-order valence-corrected chi connectivity index (χ3v) is 8.73. The average Bonchev–Trinajstić information content (AvgIpc) is 3.03. The summed E-state index contributed by atoms with van der Waals surface area (Å²) in [4.78, 5) is 10.7. The van der Waals surface area contributed by atoms with Crippen LogP contribution in [-0.2, 0) is 42.2 Å². The minimum absolute atomic E-state index is 0. The van der Waals surface area contributed by atoms with E-state index < -0.39 is 0 Å². The second-order valence-corrected chi connectivity index (χ2v) is 12.7. The van der Waals surface area contributed by atoms with E-state index >= 15 is 0 Å². The van der Waals surface area contributed by atoms with Gasteiger partial charge in [0.2, 0.25) is 0 Å². The van der Waals surface area contributed by atoms with Crippen molar-refractivity contribution in [3.63, 3.8) is 0 Å². The van der Waals surface area contributed by atoms with Crippen LogP contribution >= 0.6 is 0 Å². The Morgan fingerprint density at radius 1 is 0.511 bits per heavy atom. The Balaban J connectivity index is 0.0000101. The molecule has 2 aromatic carbocycles. The van der Waals surface area contributed by atoms with E-state index in [-0.39, 0.29) is 16.5 Å². The number of allylic oxidation sites excluding steroid dienone is 2. The van der Waals surface area contributed by atoms with Crippen molar-refractivity contribution in [2.75, 3.05) is 0 Å². The molecular formula is C42H66N2Ni. The zero-order chi connectivity index (χ0) is 31.8. The zero-order valence-corrected chi connectivity index (χ0v) is 31.0. The topological polar surface area (TPSA) is 24.7 Å². The molecule has 254 valence electrons. The van der Waals surface area contributed by atoms with E-state index in [9.17, 15) is 0 Å². The molecule has 0 fully saturated rings. The predicted molar refractivity (Wildman–Crippen MR) is 199 cm³/mol. The Labute approximate surface area is 289 Å². The number of hydrogen-bond acceptors (Lipinski definition) is 2. The van der Waals surface area contributed by atoms with Crippen LogP contribution in [0.2, 0.25) is 0 Å². The summed E-state index contributed by atoms with van der Waals surface area (Å²) in [5.41, 5.74) is 10.3. The molecule has 0 aliphatic carbocycles. The van der Waals surface area contributed by atoms with Crippen LogP contribution in [0.25, 0.3) is 0 Å². The summed E-state index contributed by atoms with van der Waals surface area (Å²) in [6.07, 6.45) is 28.8. The van der Waals surface area contributed by atoms with E-state index in [1.54, 1.807) is 0 Å². The van der Waals surface area contributed by atoms with Gasteiger partial charge in [-0.3, -0.25) is 4.99 Å². The van der Waals surface area contributed by atoms with E-state index in [2.05, 4.69) is 90.1 Å². The molecule has 0 N–H and O–H groups in total. The monoisotopic (exact) mass is 656 g/mol. The fourth-order valence-corrected chi connectivity index (χ4v) is 6.01. The molecule has 0 bridgehead atoms. The molecule has 2 nitrogen and oxygen atoms in total. The first-order valence-corrected chi connectivity index (χ1v) is 18.6. The smallest absolute Gasteiger partial charge is 0.0848 e. The summed E-state index contributed by atoms with van der Waals surface area (Å²) in [5, 5.41) is 0. The maximum absolute atomic E-state index is 5.36. The Morgan fingerprint density at radius 3 is 1.33 bits per heavy atom. The molecule has 0 aliphatic heterocycles. The second-order valence-electron chi connectivity index (χ2n) is 12.7. The van der Waals surface area contributed by atoms with Gasteiger partial charge in [0.05, 0.1) is 22.8 Å². The van der Waals surface area contributed by atoms with Gasteiger partial charge in [-0.2, -0.15) is 0 Å². The molecule has 45 heavy (non-hydrogen) atoms. The first-order chi connectivity index (χ1) is 21.6. The van der Waals surface area contributed by atoms with Crippen LogP contribution in [0.1, 0.15) is 167 Å². The summed E-state index contributed by atoms with van der Waals surface area (Å²) in [7, 11) is 0. The molecule has 0 radical (unpaired) electrons. The summed E-state index contributed by atoms with van der Waals surface area (Å²) < 4.78 is 0. The fraction of sp³-hybridized carbons (Fsp3) is 0.619. The molecule has 0 aromatic heterocycles. The van der Waals surface area contributed by atoms with Gasteiger partial charge in [0.25, 0.3) is 0 Å². The molecule has 3 heteroatoms. The fourth-order valence-electron chi connectivity index (χ4n) is 6.01. The van der Waals surface area contributed by atoms with Crippen LogP contribution < -0.4 is 0 Å². The molecule has 2 aromatic rings. The van der Waals surface area contributed by atoms with Gasteiger partial charge in [-0.05, 0) is 124 Å². The normalized spacial score (nSPS) is 12.2. The summed E-state index contributed by atoms with van der Waals surface area (Å²) in [5.74, 6) is 0. The SMILES string of the molecule is C\C=C/C(=N\c1ccc(CCCCC)c(CCCCC)c1)C(/CCCCC)=N/c1ccc(CCCCC)c(CCCCC)c1.[Ni]. The molecule has 0 spiro atoms.